The SMILES string of the molecule is CN(C)C(=O)COc1ccc(C(=O)O)cc1[N+](=O)[O-]. The van der Waals surface area contributed by atoms with Crippen LogP contribution < -0.4 is 4.74 Å². The summed E-state index contributed by atoms with van der Waals surface area (Å²) < 4.78 is 5.03. The number of ether oxygens (including phenoxy) is 1. The molecule has 0 aliphatic rings. The van der Waals surface area contributed by atoms with Gasteiger partial charge in [-0.3, -0.25) is 14.9 Å². The lowest BCUT2D eigenvalue weighted by Crippen LogP contribution is -2.27. The monoisotopic (exact) mass is 268 g/mol. The predicted molar refractivity (Wildman–Crippen MR) is 64.2 cm³/mol. The summed E-state index contributed by atoms with van der Waals surface area (Å²) in [5.74, 6) is -1.79. The van der Waals surface area contributed by atoms with E-state index in [1.165, 1.54) is 25.1 Å². The van der Waals surface area contributed by atoms with E-state index in [-0.39, 0.29) is 23.8 Å². The predicted octanol–water partition coefficient (Wildman–Crippen LogP) is 0.760. The minimum atomic E-state index is -1.28. The number of benzene rings is 1. The first-order valence-corrected chi connectivity index (χ1v) is 5.17. The van der Waals surface area contributed by atoms with Gasteiger partial charge in [0.15, 0.2) is 12.4 Å². The van der Waals surface area contributed by atoms with Crippen molar-refractivity contribution in [2.75, 3.05) is 20.7 Å². The van der Waals surface area contributed by atoms with Crippen LogP contribution in [0.25, 0.3) is 0 Å². The van der Waals surface area contributed by atoms with Crippen LogP contribution in [0, 0.1) is 10.1 Å². The number of carbonyl (C=O) groups is 2. The van der Waals surface area contributed by atoms with Crippen LogP contribution in [-0.2, 0) is 4.79 Å². The number of carboxylic acids is 1. The Morgan fingerprint density at radius 2 is 2.05 bits per heavy atom. The molecule has 0 atom stereocenters. The molecule has 0 fully saturated rings. The van der Waals surface area contributed by atoms with Crippen molar-refractivity contribution in [2.45, 2.75) is 0 Å². The minimum Gasteiger partial charge on any atom is -0.478 e. The second-order valence-corrected chi connectivity index (χ2v) is 3.82. The summed E-state index contributed by atoms with van der Waals surface area (Å²) in [6.07, 6.45) is 0. The molecule has 19 heavy (non-hydrogen) atoms. The van der Waals surface area contributed by atoms with Crippen LogP contribution in [0.4, 0.5) is 5.69 Å². The molecule has 0 unspecified atom stereocenters. The Labute approximate surface area is 108 Å². The summed E-state index contributed by atoms with van der Waals surface area (Å²) >= 11 is 0. The summed E-state index contributed by atoms with van der Waals surface area (Å²) in [5, 5.41) is 19.6. The van der Waals surface area contributed by atoms with E-state index >= 15 is 0 Å². The van der Waals surface area contributed by atoms with Crippen LogP contribution in [0.2, 0.25) is 0 Å². The van der Waals surface area contributed by atoms with E-state index in [1.807, 2.05) is 0 Å². The van der Waals surface area contributed by atoms with Crippen molar-refractivity contribution in [1.82, 2.24) is 4.90 Å². The van der Waals surface area contributed by atoms with Crippen molar-refractivity contribution in [3.05, 3.63) is 33.9 Å². The molecule has 0 spiro atoms. The maximum atomic E-state index is 11.3. The second kappa shape index (κ2) is 5.80. The van der Waals surface area contributed by atoms with Gasteiger partial charge in [0.05, 0.1) is 10.5 Å². The van der Waals surface area contributed by atoms with Crippen LogP contribution in [0.1, 0.15) is 10.4 Å². The van der Waals surface area contributed by atoms with Crippen molar-refractivity contribution in [3.8, 4) is 5.75 Å². The van der Waals surface area contributed by atoms with Gasteiger partial charge in [-0.25, -0.2) is 4.79 Å². The topological polar surface area (TPSA) is 110 Å². The number of amides is 1. The zero-order valence-electron chi connectivity index (χ0n) is 10.3. The average Bonchev–Trinajstić information content (AvgIpc) is 2.35. The highest BCUT2D eigenvalue weighted by molar-refractivity contribution is 5.89. The average molecular weight is 268 g/mol. The first-order chi connectivity index (χ1) is 8.82. The summed E-state index contributed by atoms with van der Waals surface area (Å²) in [6.45, 7) is -0.361. The molecule has 0 aliphatic heterocycles. The third-order valence-corrected chi connectivity index (χ3v) is 2.25. The molecule has 0 aliphatic carbocycles. The number of nitro benzene ring substituents is 1. The number of hydrogen-bond donors (Lipinski definition) is 1. The van der Waals surface area contributed by atoms with Crippen molar-refractivity contribution < 1.29 is 24.4 Å². The van der Waals surface area contributed by atoms with Crippen molar-refractivity contribution in [1.29, 1.82) is 0 Å². The lowest BCUT2D eigenvalue weighted by molar-refractivity contribution is -0.385. The number of rotatable bonds is 5. The number of carboxylic acid groups (broad SMARTS) is 1. The maximum absolute atomic E-state index is 11.3. The van der Waals surface area contributed by atoms with Gasteiger partial charge in [0.1, 0.15) is 0 Å². The highest BCUT2D eigenvalue weighted by Gasteiger charge is 2.19. The van der Waals surface area contributed by atoms with Gasteiger partial charge >= 0.3 is 11.7 Å². The molecule has 1 N–H and O–H groups in total. The zero-order chi connectivity index (χ0) is 14.6. The normalized spacial score (nSPS) is 9.79. The molecule has 1 aromatic carbocycles. The zero-order valence-corrected chi connectivity index (χ0v) is 10.3. The van der Waals surface area contributed by atoms with Crippen LogP contribution >= 0.6 is 0 Å². The molecule has 102 valence electrons. The number of nitro groups is 1. The fourth-order valence-electron chi connectivity index (χ4n) is 1.18. The first-order valence-electron chi connectivity index (χ1n) is 5.17. The Morgan fingerprint density at radius 1 is 1.42 bits per heavy atom. The van der Waals surface area contributed by atoms with E-state index < -0.39 is 16.6 Å². The number of nitrogens with zero attached hydrogens (tertiary/aromatic N) is 2. The fourth-order valence-corrected chi connectivity index (χ4v) is 1.18. The van der Waals surface area contributed by atoms with Gasteiger partial charge in [-0.15, -0.1) is 0 Å². The molecule has 8 heteroatoms. The number of carbonyl (C=O) groups excluding carboxylic acids is 1. The molecule has 0 aromatic heterocycles. The number of likely N-dealkylation sites (N-methyl/N-ethyl adjacent to an activating group) is 1. The van der Waals surface area contributed by atoms with Crippen LogP contribution in [-0.4, -0.2) is 47.5 Å². The quantitative estimate of drug-likeness (QED) is 0.623. The molecule has 1 aromatic rings. The van der Waals surface area contributed by atoms with Gasteiger partial charge < -0.3 is 14.7 Å². The maximum Gasteiger partial charge on any atom is 0.335 e. The first kappa shape index (κ1) is 14.4. The van der Waals surface area contributed by atoms with Gasteiger partial charge in [-0.05, 0) is 12.1 Å². The van der Waals surface area contributed by atoms with Crippen LogP contribution in [0.15, 0.2) is 18.2 Å². The summed E-state index contributed by atoms with van der Waals surface area (Å²) in [4.78, 5) is 33.4. The third kappa shape index (κ3) is 3.66. The fraction of sp³-hybridized carbons (Fsp3) is 0.273. The standard InChI is InChI=1S/C11H12N2O6/c1-12(2)10(14)6-19-9-4-3-7(11(15)16)5-8(9)13(17)18/h3-5H,6H2,1-2H3,(H,15,16). The van der Waals surface area contributed by atoms with Gasteiger partial charge in [0.2, 0.25) is 0 Å². The summed E-state index contributed by atoms with van der Waals surface area (Å²) in [7, 11) is 3.04. The molecule has 0 radical (unpaired) electrons. The van der Waals surface area contributed by atoms with Gasteiger partial charge in [-0.2, -0.15) is 0 Å². The van der Waals surface area contributed by atoms with E-state index in [1.54, 1.807) is 0 Å². The molecular weight excluding hydrogens is 256 g/mol. The van der Waals surface area contributed by atoms with E-state index in [9.17, 15) is 19.7 Å². The summed E-state index contributed by atoms with van der Waals surface area (Å²) in [5.41, 5.74) is -0.718. The van der Waals surface area contributed by atoms with Crippen LogP contribution in [0.5, 0.6) is 5.75 Å². The Morgan fingerprint density at radius 3 is 2.53 bits per heavy atom. The van der Waals surface area contributed by atoms with E-state index in [2.05, 4.69) is 0 Å². The Balaban J connectivity index is 2.98. The molecule has 0 saturated heterocycles. The van der Waals surface area contributed by atoms with E-state index in [4.69, 9.17) is 9.84 Å². The van der Waals surface area contributed by atoms with Gasteiger partial charge in [-0.1, -0.05) is 0 Å². The largest absolute Gasteiger partial charge is 0.478 e. The molecule has 1 amide bonds. The smallest absolute Gasteiger partial charge is 0.335 e. The van der Waals surface area contributed by atoms with Crippen molar-refractivity contribution in [2.24, 2.45) is 0 Å². The van der Waals surface area contributed by atoms with E-state index in [0.717, 1.165) is 12.1 Å². The molecule has 0 bridgehead atoms. The minimum absolute atomic E-state index is 0.148. The highest BCUT2D eigenvalue weighted by Crippen LogP contribution is 2.27. The molecule has 1 rings (SSSR count). The van der Waals surface area contributed by atoms with Crippen molar-refractivity contribution >= 4 is 17.6 Å². The van der Waals surface area contributed by atoms with Gasteiger partial charge in [0, 0.05) is 20.2 Å². The molecular formula is C11H12N2O6. The second-order valence-electron chi connectivity index (χ2n) is 3.82. The molecule has 0 heterocycles. The lowest BCUT2D eigenvalue weighted by atomic mass is 10.2. The summed E-state index contributed by atoms with van der Waals surface area (Å²) in [6, 6.07) is 3.22. The van der Waals surface area contributed by atoms with Crippen molar-refractivity contribution in [3.63, 3.8) is 0 Å². The molecule has 0 saturated carbocycles. The van der Waals surface area contributed by atoms with Gasteiger partial charge in [0.25, 0.3) is 5.91 Å². The van der Waals surface area contributed by atoms with E-state index in [0.29, 0.717) is 0 Å². The number of hydrogen-bond acceptors (Lipinski definition) is 5. The third-order valence-electron chi connectivity index (χ3n) is 2.25. The Bertz CT molecular complexity index is 526. The number of aromatic carboxylic acids is 1. The Hall–Kier alpha value is -2.64. The Kier molecular flexibility index (Phi) is 4.41. The molecule has 8 nitrogen and oxygen atoms in total. The van der Waals surface area contributed by atoms with Crippen LogP contribution in [0.3, 0.4) is 0 Å². The highest BCUT2D eigenvalue weighted by atomic mass is 16.6. The lowest BCUT2D eigenvalue weighted by Gasteiger charge is -2.11.